The van der Waals surface area contributed by atoms with Gasteiger partial charge < -0.3 is 10.2 Å². The van der Waals surface area contributed by atoms with Crippen LogP contribution in [0.5, 0.6) is 0 Å². The molecule has 2 aromatic heterocycles. The van der Waals surface area contributed by atoms with E-state index < -0.39 is 18.8 Å². The molecule has 4 heterocycles. The van der Waals surface area contributed by atoms with Gasteiger partial charge >= 0.3 is 6.18 Å². The Kier molecular flexibility index (Phi) is 6.79. The second kappa shape index (κ2) is 10.2. The highest BCUT2D eigenvalue weighted by atomic mass is 19.4. The number of alkyl halides is 3. The molecule has 1 aromatic carbocycles. The lowest BCUT2D eigenvalue weighted by Gasteiger charge is -2.28. The summed E-state index contributed by atoms with van der Waals surface area (Å²) >= 11 is 0. The van der Waals surface area contributed by atoms with Gasteiger partial charge in [-0.05, 0) is 49.8 Å². The van der Waals surface area contributed by atoms with Crippen molar-refractivity contribution < 1.29 is 27.6 Å². The summed E-state index contributed by atoms with van der Waals surface area (Å²) in [5.41, 5.74) is 2.45. The zero-order valence-corrected chi connectivity index (χ0v) is 22.7. The van der Waals surface area contributed by atoms with E-state index in [0.29, 0.717) is 29.6 Å². The van der Waals surface area contributed by atoms with Gasteiger partial charge in [-0.3, -0.25) is 24.0 Å². The summed E-state index contributed by atoms with van der Waals surface area (Å²) in [6, 6.07) is 4.39. The van der Waals surface area contributed by atoms with Crippen molar-refractivity contribution in [3.05, 3.63) is 42.1 Å². The molecule has 41 heavy (non-hydrogen) atoms. The van der Waals surface area contributed by atoms with E-state index in [4.69, 9.17) is 0 Å². The van der Waals surface area contributed by atoms with Gasteiger partial charge in [0.2, 0.25) is 11.8 Å². The van der Waals surface area contributed by atoms with E-state index in [1.54, 1.807) is 30.3 Å². The van der Waals surface area contributed by atoms with Crippen LogP contribution in [-0.4, -0.2) is 91.1 Å². The van der Waals surface area contributed by atoms with Gasteiger partial charge in [0.1, 0.15) is 24.1 Å². The lowest BCUT2D eigenvalue weighted by Crippen LogP contribution is -2.51. The van der Waals surface area contributed by atoms with E-state index in [1.165, 1.54) is 16.5 Å². The minimum absolute atomic E-state index is 0.0363. The highest BCUT2D eigenvalue weighted by Crippen LogP contribution is 2.48. The number of hydrogen-bond donors (Lipinski definition) is 1. The number of amides is 2. The van der Waals surface area contributed by atoms with Crippen molar-refractivity contribution in [2.45, 2.75) is 64.0 Å². The second-order valence-corrected chi connectivity index (χ2v) is 11.3. The number of carbonyl (C=O) groups is 3. The smallest absolute Gasteiger partial charge is 0.350 e. The molecule has 2 amide bonds. The molecule has 216 valence electrons. The quantitative estimate of drug-likeness (QED) is 0.436. The number of hydrogen-bond acceptors (Lipinski definition) is 7. The molecule has 1 N–H and O–H groups in total. The Morgan fingerprint density at radius 2 is 1.85 bits per heavy atom. The Balaban J connectivity index is 1.18. The molecular formula is C28H30F3N7O3. The number of aromatic nitrogens is 4. The first kappa shape index (κ1) is 27.3. The van der Waals surface area contributed by atoms with Crippen LogP contribution in [0.1, 0.15) is 42.5 Å². The molecule has 0 bridgehead atoms. The van der Waals surface area contributed by atoms with E-state index >= 15 is 0 Å². The van der Waals surface area contributed by atoms with Crippen molar-refractivity contribution in [3.63, 3.8) is 0 Å². The molecule has 1 unspecified atom stereocenters. The minimum atomic E-state index is -4.29. The van der Waals surface area contributed by atoms with Gasteiger partial charge in [-0.15, -0.1) is 0 Å². The lowest BCUT2D eigenvalue weighted by molar-refractivity contribution is -0.144. The van der Waals surface area contributed by atoms with Crippen LogP contribution in [0.3, 0.4) is 0 Å². The predicted molar refractivity (Wildman–Crippen MR) is 142 cm³/mol. The molecule has 13 heteroatoms. The number of carbonyl (C=O) groups excluding carboxylic acids is 3. The summed E-state index contributed by atoms with van der Waals surface area (Å²) < 4.78 is 39.8. The molecule has 10 nitrogen and oxygen atoms in total. The van der Waals surface area contributed by atoms with Gasteiger partial charge in [0, 0.05) is 55.4 Å². The number of ketones is 1. The molecule has 0 radical (unpaired) electrons. The van der Waals surface area contributed by atoms with Crippen molar-refractivity contribution in [2.75, 3.05) is 19.6 Å². The van der Waals surface area contributed by atoms with Gasteiger partial charge in [0.25, 0.3) is 0 Å². The topological polar surface area (TPSA) is 113 Å². The Bertz CT molecular complexity index is 1520. The molecule has 2 aliphatic heterocycles. The number of Topliss-reactive ketones (excluding diaryl/α,β-unsaturated/α-hetero) is 1. The van der Waals surface area contributed by atoms with E-state index in [2.05, 4.69) is 20.4 Å². The molecular weight excluding hydrogens is 539 g/mol. The number of benzene rings is 1. The van der Waals surface area contributed by atoms with Crippen molar-refractivity contribution in [2.24, 2.45) is 5.92 Å². The number of rotatable bonds is 7. The number of nitrogens with one attached hydrogen (secondary N) is 1. The Morgan fingerprint density at radius 1 is 1.10 bits per heavy atom. The maximum atomic E-state index is 13.6. The van der Waals surface area contributed by atoms with Gasteiger partial charge in [0.15, 0.2) is 5.78 Å². The summed E-state index contributed by atoms with van der Waals surface area (Å²) in [5.74, 6) is 0.0284. The second-order valence-electron chi connectivity index (χ2n) is 11.3. The number of fused-ring (bicyclic) bond motifs is 2. The first-order valence-electron chi connectivity index (χ1n) is 13.7. The van der Waals surface area contributed by atoms with Crippen LogP contribution < -0.4 is 5.32 Å². The van der Waals surface area contributed by atoms with Crippen LogP contribution in [0, 0.1) is 12.8 Å². The Labute approximate surface area is 233 Å². The largest absolute Gasteiger partial charge is 0.401 e. The summed E-state index contributed by atoms with van der Waals surface area (Å²) in [6.07, 6.45) is 0.897. The average molecular weight is 570 g/mol. The molecule has 6 rings (SSSR count). The van der Waals surface area contributed by atoms with Gasteiger partial charge in [-0.25, -0.2) is 9.97 Å². The molecule has 1 aliphatic carbocycles. The normalized spacial score (nSPS) is 24.1. The number of piperidine rings is 1. The van der Waals surface area contributed by atoms with Crippen molar-refractivity contribution in [1.29, 1.82) is 0 Å². The maximum absolute atomic E-state index is 13.6. The number of aryl methyl sites for hydroxylation is 1. The predicted octanol–water partition coefficient (Wildman–Crippen LogP) is 2.75. The first-order chi connectivity index (χ1) is 19.5. The zero-order chi connectivity index (χ0) is 29.1. The van der Waals surface area contributed by atoms with Gasteiger partial charge in [-0.1, -0.05) is 6.07 Å². The molecule has 2 saturated heterocycles. The van der Waals surface area contributed by atoms with Crippen LogP contribution in [0.25, 0.3) is 22.0 Å². The lowest BCUT2D eigenvalue weighted by atomic mass is 10.0. The average Bonchev–Trinajstić information content (AvgIpc) is 3.20. The third-order valence-corrected chi connectivity index (χ3v) is 8.20. The number of nitrogens with zero attached hydrogens (tertiary/aromatic N) is 6. The highest BCUT2D eigenvalue weighted by Gasteiger charge is 2.56. The maximum Gasteiger partial charge on any atom is 0.401 e. The SMILES string of the molecule is CC(=O)c1nn(CC(=O)N2[C@@H]3C[C@@H]3C[C@H]2C(=O)NC2CCN(CC(F)(F)F)C2)c2ccc(-c3cnc(C)nc3)cc12. The molecule has 0 spiro atoms. The van der Waals surface area contributed by atoms with E-state index in [1.807, 2.05) is 12.1 Å². The monoisotopic (exact) mass is 569 g/mol. The molecule has 3 aromatic rings. The molecule has 4 atom stereocenters. The summed E-state index contributed by atoms with van der Waals surface area (Å²) in [6.45, 7) is 2.45. The van der Waals surface area contributed by atoms with Crippen molar-refractivity contribution in [3.8, 4) is 11.1 Å². The summed E-state index contributed by atoms with van der Waals surface area (Å²) in [5, 5.41) is 7.95. The fraction of sp³-hybridized carbons (Fsp3) is 0.500. The Hall–Kier alpha value is -3.87. The number of likely N-dealkylation sites (tertiary alicyclic amines) is 2. The first-order valence-corrected chi connectivity index (χ1v) is 13.7. The molecule has 3 aliphatic rings. The third-order valence-electron chi connectivity index (χ3n) is 8.20. The fourth-order valence-corrected chi connectivity index (χ4v) is 6.19. The Morgan fingerprint density at radius 3 is 2.56 bits per heavy atom. The van der Waals surface area contributed by atoms with Crippen LogP contribution in [0.15, 0.2) is 30.6 Å². The van der Waals surface area contributed by atoms with Crippen LogP contribution >= 0.6 is 0 Å². The van der Waals surface area contributed by atoms with Crippen LogP contribution in [0.2, 0.25) is 0 Å². The standard InChI is InChI=1S/C28H30F3N7O3/c1-15(39)26-21-7-17(19-10-32-16(2)33-11-19)3-4-22(21)37(35-26)13-25(40)38-23-8-18(23)9-24(38)27(41)34-20-5-6-36(12-20)14-28(29,30)31/h3-4,7,10-11,18,20,23-24H,5-6,8-9,12-14H2,1-2H3,(H,34,41)/t18-,20?,23-,24+/m1/s1. The van der Waals surface area contributed by atoms with Crippen LogP contribution in [-0.2, 0) is 16.1 Å². The van der Waals surface area contributed by atoms with E-state index in [9.17, 15) is 27.6 Å². The summed E-state index contributed by atoms with van der Waals surface area (Å²) in [7, 11) is 0. The molecule has 3 fully saturated rings. The van der Waals surface area contributed by atoms with E-state index in [-0.39, 0.29) is 60.9 Å². The van der Waals surface area contributed by atoms with Crippen LogP contribution in [0.4, 0.5) is 13.2 Å². The fourth-order valence-electron chi connectivity index (χ4n) is 6.19. The van der Waals surface area contributed by atoms with Crippen molar-refractivity contribution in [1.82, 2.24) is 34.9 Å². The number of halogens is 3. The van der Waals surface area contributed by atoms with Gasteiger partial charge in [-0.2, -0.15) is 18.3 Å². The molecule has 1 saturated carbocycles. The van der Waals surface area contributed by atoms with Gasteiger partial charge in [0.05, 0.1) is 12.1 Å². The highest BCUT2D eigenvalue weighted by molar-refractivity contribution is 6.06. The minimum Gasteiger partial charge on any atom is -0.350 e. The summed E-state index contributed by atoms with van der Waals surface area (Å²) in [4.78, 5) is 50.6. The zero-order valence-electron chi connectivity index (χ0n) is 22.7. The van der Waals surface area contributed by atoms with Crippen molar-refractivity contribution >= 4 is 28.5 Å². The third kappa shape index (κ3) is 5.54. The van der Waals surface area contributed by atoms with E-state index in [0.717, 1.165) is 17.5 Å².